The molecule has 0 amide bonds. The largest absolute Gasteiger partial charge is 0.253 e. The third kappa shape index (κ3) is 3.78. The van der Waals surface area contributed by atoms with Gasteiger partial charge in [0.25, 0.3) is 0 Å². The fourth-order valence-corrected chi connectivity index (χ4v) is 2.89. The number of benzene rings is 1. The van der Waals surface area contributed by atoms with Crippen LogP contribution < -0.4 is 0 Å². The molecule has 0 aliphatic rings. The highest BCUT2D eigenvalue weighted by Gasteiger charge is 2.21. The molecule has 20 heavy (non-hydrogen) atoms. The molecule has 0 unspecified atom stereocenters. The van der Waals surface area contributed by atoms with Crippen LogP contribution in [0.1, 0.15) is 37.6 Å². The summed E-state index contributed by atoms with van der Waals surface area (Å²) in [5.74, 6) is 0. The standard InChI is InChI=1S/C16H18Cl3N/c1-10-13(15(2,3)4)8-12-7-11(9-16(17,18)19)5-6-14(12)20-10/h5-8H,9H2,1-4H3. The van der Waals surface area contributed by atoms with Crippen LogP contribution in [0, 0.1) is 6.92 Å². The van der Waals surface area contributed by atoms with Crippen molar-refractivity contribution in [2.24, 2.45) is 0 Å². The SMILES string of the molecule is Cc1nc2ccc(CC(Cl)(Cl)Cl)cc2cc1C(C)(C)C. The molecule has 108 valence electrons. The van der Waals surface area contributed by atoms with Gasteiger partial charge in [0, 0.05) is 17.5 Å². The first-order chi connectivity index (χ1) is 9.06. The maximum Gasteiger partial charge on any atom is 0.194 e. The number of aromatic nitrogens is 1. The normalized spacial score (nSPS) is 12.9. The Morgan fingerprint density at radius 2 is 1.70 bits per heavy atom. The minimum absolute atomic E-state index is 0.0660. The Bertz CT molecular complexity index is 636. The van der Waals surface area contributed by atoms with Gasteiger partial charge in [-0.05, 0) is 41.7 Å². The van der Waals surface area contributed by atoms with Crippen LogP contribution in [0.2, 0.25) is 0 Å². The number of nitrogens with zero attached hydrogens (tertiary/aromatic N) is 1. The van der Waals surface area contributed by atoms with Crippen molar-refractivity contribution in [3.8, 4) is 0 Å². The molecular formula is C16H18Cl3N. The average molecular weight is 331 g/mol. The summed E-state index contributed by atoms with van der Waals surface area (Å²) in [6.45, 7) is 8.62. The van der Waals surface area contributed by atoms with Gasteiger partial charge in [0.2, 0.25) is 0 Å². The third-order valence-corrected chi connectivity index (χ3v) is 3.68. The van der Waals surface area contributed by atoms with E-state index < -0.39 is 3.79 Å². The van der Waals surface area contributed by atoms with E-state index in [-0.39, 0.29) is 5.41 Å². The molecule has 0 spiro atoms. The Kier molecular flexibility index (Phi) is 4.26. The Morgan fingerprint density at radius 1 is 1.05 bits per heavy atom. The first-order valence-corrected chi connectivity index (χ1v) is 7.67. The number of alkyl halides is 3. The lowest BCUT2D eigenvalue weighted by Gasteiger charge is -2.22. The number of hydrogen-bond donors (Lipinski definition) is 0. The monoisotopic (exact) mass is 329 g/mol. The van der Waals surface area contributed by atoms with E-state index in [9.17, 15) is 0 Å². The Balaban J connectivity index is 2.54. The van der Waals surface area contributed by atoms with Crippen molar-refractivity contribution in [3.63, 3.8) is 0 Å². The molecule has 0 saturated carbocycles. The zero-order valence-electron chi connectivity index (χ0n) is 12.1. The number of hydrogen-bond acceptors (Lipinski definition) is 1. The van der Waals surface area contributed by atoms with Gasteiger partial charge in [0.1, 0.15) is 0 Å². The summed E-state index contributed by atoms with van der Waals surface area (Å²) in [6, 6.07) is 8.20. The fourth-order valence-electron chi connectivity index (χ4n) is 2.42. The first kappa shape index (κ1) is 15.9. The molecule has 0 bridgehead atoms. The molecule has 1 aromatic heterocycles. The quantitative estimate of drug-likeness (QED) is 0.606. The molecule has 0 N–H and O–H groups in total. The summed E-state index contributed by atoms with van der Waals surface area (Å²) >= 11 is 17.6. The van der Waals surface area contributed by atoms with Gasteiger partial charge in [-0.3, -0.25) is 4.98 Å². The summed E-state index contributed by atoms with van der Waals surface area (Å²) in [4.78, 5) is 4.68. The lowest BCUT2D eigenvalue weighted by molar-refractivity contribution is 0.583. The molecular weight excluding hydrogens is 313 g/mol. The summed E-state index contributed by atoms with van der Waals surface area (Å²) < 4.78 is -1.27. The first-order valence-electron chi connectivity index (χ1n) is 6.54. The molecule has 0 aliphatic heterocycles. The molecule has 1 nitrogen and oxygen atoms in total. The van der Waals surface area contributed by atoms with Gasteiger partial charge in [0.05, 0.1) is 5.52 Å². The Morgan fingerprint density at radius 3 is 2.25 bits per heavy atom. The van der Waals surface area contributed by atoms with Crippen molar-refractivity contribution in [2.45, 2.75) is 43.3 Å². The summed E-state index contributed by atoms with van der Waals surface area (Å²) in [5, 5.41) is 1.09. The van der Waals surface area contributed by atoms with Gasteiger partial charge in [0.15, 0.2) is 3.79 Å². The van der Waals surface area contributed by atoms with Crippen LogP contribution in [0.5, 0.6) is 0 Å². The number of fused-ring (bicyclic) bond motifs is 1. The van der Waals surface area contributed by atoms with Gasteiger partial charge >= 0.3 is 0 Å². The zero-order chi connectivity index (χ0) is 15.1. The van der Waals surface area contributed by atoms with Gasteiger partial charge in [-0.15, -0.1) is 0 Å². The fraction of sp³-hybridized carbons (Fsp3) is 0.438. The lowest BCUT2D eigenvalue weighted by Crippen LogP contribution is -2.14. The van der Waals surface area contributed by atoms with Crippen LogP contribution in [-0.4, -0.2) is 8.78 Å². The highest BCUT2D eigenvalue weighted by molar-refractivity contribution is 6.67. The smallest absolute Gasteiger partial charge is 0.194 e. The van der Waals surface area contributed by atoms with Crippen LogP contribution in [0.25, 0.3) is 10.9 Å². The average Bonchev–Trinajstić information content (AvgIpc) is 2.25. The van der Waals surface area contributed by atoms with Crippen LogP contribution in [0.15, 0.2) is 24.3 Å². The molecule has 1 heterocycles. The second kappa shape index (κ2) is 5.36. The van der Waals surface area contributed by atoms with Crippen molar-refractivity contribution in [3.05, 3.63) is 41.1 Å². The summed E-state index contributed by atoms with van der Waals surface area (Å²) in [6.07, 6.45) is 0.395. The van der Waals surface area contributed by atoms with E-state index in [1.165, 1.54) is 5.56 Å². The van der Waals surface area contributed by atoms with Gasteiger partial charge in [-0.2, -0.15) is 0 Å². The van der Waals surface area contributed by atoms with Gasteiger partial charge in [-0.1, -0.05) is 61.6 Å². The zero-order valence-corrected chi connectivity index (χ0v) is 14.4. The molecule has 0 fully saturated rings. The van der Waals surface area contributed by atoms with Crippen LogP contribution in [0.4, 0.5) is 0 Å². The molecule has 4 heteroatoms. The number of pyridine rings is 1. The highest BCUT2D eigenvalue weighted by Crippen LogP contribution is 2.32. The highest BCUT2D eigenvalue weighted by atomic mass is 35.6. The minimum atomic E-state index is -1.27. The van der Waals surface area contributed by atoms with Crippen molar-refractivity contribution >= 4 is 45.7 Å². The summed E-state index contributed by atoms with van der Waals surface area (Å²) in [7, 11) is 0. The van der Waals surface area contributed by atoms with Gasteiger partial charge < -0.3 is 0 Å². The van der Waals surface area contributed by atoms with E-state index in [0.717, 1.165) is 22.2 Å². The Hall–Kier alpha value is -0.500. The molecule has 0 aliphatic carbocycles. The Labute approximate surface area is 135 Å². The number of aryl methyl sites for hydroxylation is 1. The topological polar surface area (TPSA) is 12.9 Å². The van der Waals surface area contributed by atoms with Crippen molar-refractivity contribution in [2.75, 3.05) is 0 Å². The van der Waals surface area contributed by atoms with Crippen molar-refractivity contribution in [1.29, 1.82) is 0 Å². The van der Waals surface area contributed by atoms with Crippen molar-refractivity contribution in [1.82, 2.24) is 4.98 Å². The second-order valence-electron chi connectivity index (χ2n) is 6.19. The maximum atomic E-state index is 5.86. The van der Waals surface area contributed by atoms with E-state index in [1.807, 2.05) is 12.1 Å². The second-order valence-corrected chi connectivity index (χ2v) is 8.71. The van der Waals surface area contributed by atoms with E-state index in [0.29, 0.717) is 6.42 Å². The maximum absolute atomic E-state index is 5.86. The van der Waals surface area contributed by atoms with Crippen LogP contribution >= 0.6 is 34.8 Å². The van der Waals surface area contributed by atoms with Crippen LogP contribution in [-0.2, 0) is 11.8 Å². The van der Waals surface area contributed by atoms with Crippen LogP contribution in [0.3, 0.4) is 0 Å². The van der Waals surface area contributed by atoms with Crippen molar-refractivity contribution < 1.29 is 0 Å². The molecule has 2 rings (SSSR count). The van der Waals surface area contributed by atoms with E-state index >= 15 is 0 Å². The van der Waals surface area contributed by atoms with E-state index in [1.54, 1.807) is 0 Å². The van der Waals surface area contributed by atoms with Gasteiger partial charge in [-0.25, -0.2) is 0 Å². The molecule has 2 aromatic rings. The van der Waals surface area contributed by atoms with E-state index in [2.05, 4.69) is 44.8 Å². The minimum Gasteiger partial charge on any atom is -0.253 e. The molecule has 0 radical (unpaired) electrons. The predicted molar refractivity (Wildman–Crippen MR) is 89.2 cm³/mol. The molecule has 0 saturated heterocycles. The number of halogens is 3. The lowest BCUT2D eigenvalue weighted by atomic mass is 9.85. The predicted octanol–water partition coefficient (Wildman–Crippen LogP) is 5.75. The molecule has 1 aromatic carbocycles. The molecule has 0 atom stereocenters. The number of rotatable bonds is 1. The third-order valence-electron chi connectivity index (χ3n) is 3.28. The van der Waals surface area contributed by atoms with E-state index in [4.69, 9.17) is 34.8 Å². The summed E-state index contributed by atoms with van der Waals surface area (Å²) in [5.41, 5.74) is 4.36.